The van der Waals surface area contributed by atoms with Gasteiger partial charge in [-0.15, -0.1) is 0 Å². The lowest BCUT2D eigenvalue weighted by molar-refractivity contribution is -0.159. The Morgan fingerprint density at radius 2 is 1.58 bits per heavy atom. The van der Waals surface area contributed by atoms with E-state index in [9.17, 15) is 14.4 Å². The first-order valence-corrected chi connectivity index (χ1v) is 13.0. The van der Waals surface area contributed by atoms with E-state index in [1.165, 1.54) is 7.11 Å². The van der Waals surface area contributed by atoms with Gasteiger partial charge in [-0.3, -0.25) is 14.4 Å². The van der Waals surface area contributed by atoms with Crippen molar-refractivity contribution in [1.29, 1.82) is 0 Å². The highest BCUT2D eigenvalue weighted by atomic mass is 16.5. The Balaban J connectivity index is 2.18. The van der Waals surface area contributed by atoms with Crippen molar-refractivity contribution in [2.75, 3.05) is 27.9 Å². The van der Waals surface area contributed by atoms with Gasteiger partial charge in [0.25, 0.3) is 0 Å². The molecule has 200 valence electrons. The molecule has 0 bridgehead atoms. The van der Waals surface area contributed by atoms with Crippen LogP contribution in [-0.2, 0) is 14.4 Å². The predicted octanol–water partition coefficient (Wildman–Crippen LogP) is 3.12. The Kier molecular flexibility index (Phi) is 9.08. The fourth-order valence-electron chi connectivity index (χ4n) is 6.40. The van der Waals surface area contributed by atoms with E-state index in [2.05, 4.69) is 0 Å². The summed E-state index contributed by atoms with van der Waals surface area (Å²) in [6, 6.07) is 3.64. The minimum atomic E-state index is -1.44. The van der Waals surface area contributed by atoms with Gasteiger partial charge in [0.15, 0.2) is 11.5 Å². The molecule has 1 aromatic carbocycles. The second kappa shape index (κ2) is 11.8. The number of nitrogens with two attached hydrogens (primary N) is 2. The molecule has 0 aromatic heterocycles. The molecule has 1 saturated carbocycles. The molecule has 2 fully saturated rings. The number of carbonyl (C=O) groups excluding carboxylic acids is 3. The van der Waals surface area contributed by atoms with Gasteiger partial charge >= 0.3 is 0 Å². The number of hydrogen-bond acceptors (Lipinski definition) is 6. The molecule has 1 saturated heterocycles. The number of carbonyl (C=O) groups is 3. The van der Waals surface area contributed by atoms with E-state index in [-0.39, 0.29) is 11.8 Å². The van der Waals surface area contributed by atoms with Gasteiger partial charge in [-0.05, 0) is 62.1 Å². The molecule has 1 aromatic rings. The number of likely N-dealkylation sites (tertiary alicyclic amines) is 1. The molecule has 1 aliphatic carbocycles. The molecule has 4 N–H and O–H groups in total. The number of rotatable bonds is 10. The van der Waals surface area contributed by atoms with Crippen molar-refractivity contribution in [3.8, 4) is 17.2 Å². The molecule has 36 heavy (non-hydrogen) atoms. The van der Waals surface area contributed by atoms with E-state index in [1.54, 1.807) is 26.0 Å². The minimum absolute atomic E-state index is 0.0650. The molecule has 1 unspecified atom stereocenters. The summed E-state index contributed by atoms with van der Waals surface area (Å²) >= 11 is 0. The third-order valence-electron chi connectivity index (χ3n) is 8.13. The molecular weight excluding hydrogens is 462 g/mol. The lowest BCUT2D eigenvalue weighted by atomic mass is 9.71. The second-order valence-corrected chi connectivity index (χ2v) is 9.93. The molecule has 0 radical (unpaired) electrons. The largest absolute Gasteiger partial charge is 0.493 e. The first kappa shape index (κ1) is 27.6. The summed E-state index contributed by atoms with van der Waals surface area (Å²) in [5.41, 5.74) is 11.1. The van der Waals surface area contributed by atoms with Crippen LogP contribution in [0, 0.1) is 11.8 Å². The van der Waals surface area contributed by atoms with Gasteiger partial charge in [-0.1, -0.05) is 26.2 Å². The SMILES string of the molecule is CC[C@@H](C(N)=O)C1(C(N)=O)CCCCN1C(=O)[C@H](c1cc(OC)c(OC)c(OC)c1)C1CCCCC1. The predicted molar refractivity (Wildman–Crippen MR) is 136 cm³/mol. The third-order valence-corrected chi connectivity index (χ3v) is 8.13. The smallest absolute Gasteiger partial charge is 0.244 e. The van der Waals surface area contributed by atoms with Crippen LogP contribution in [-0.4, -0.2) is 56.0 Å². The van der Waals surface area contributed by atoms with Crippen LogP contribution in [0.4, 0.5) is 0 Å². The highest BCUT2D eigenvalue weighted by Crippen LogP contribution is 2.46. The second-order valence-electron chi connectivity index (χ2n) is 9.93. The van der Waals surface area contributed by atoms with E-state index >= 15 is 0 Å². The van der Waals surface area contributed by atoms with Gasteiger partial charge in [0.2, 0.25) is 23.5 Å². The summed E-state index contributed by atoms with van der Waals surface area (Å²) in [5.74, 6) is -1.46. The molecule has 3 atom stereocenters. The van der Waals surface area contributed by atoms with Gasteiger partial charge in [0.05, 0.1) is 33.2 Å². The van der Waals surface area contributed by atoms with E-state index < -0.39 is 29.2 Å². The summed E-state index contributed by atoms with van der Waals surface area (Å²) in [6.45, 7) is 2.15. The van der Waals surface area contributed by atoms with Crippen molar-refractivity contribution in [1.82, 2.24) is 4.90 Å². The molecule has 3 rings (SSSR count). The first-order chi connectivity index (χ1) is 17.3. The Morgan fingerprint density at radius 3 is 2.06 bits per heavy atom. The highest BCUT2D eigenvalue weighted by molar-refractivity contribution is 5.97. The Hall–Kier alpha value is -2.97. The maximum atomic E-state index is 14.6. The van der Waals surface area contributed by atoms with Crippen LogP contribution < -0.4 is 25.7 Å². The van der Waals surface area contributed by atoms with Crippen molar-refractivity contribution in [3.05, 3.63) is 17.7 Å². The van der Waals surface area contributed by atoms with Crippen LogP contribution in [0.2, 0.25) is 0 Å². The number of benzene rings is 1. The van der Waals surface area contributed by atoms with Crippen LogP contribution in [0.25, 0.3) is 0 Å². The number of nitrogens with zero attached hydrogens (tertiary/aromatic N) is 1. The van der Waals surface area contributed by atoms with E-state index in [0.29, 0.717) is 43.1 Å². The topological polar surface area (TPSA) is 134 Å². The number of amides is 3. The molecule has 9 heteroatoms. The zero-order chi connectivity index (χ0) is 26.5. The van der Waals surface area contributed by atoms with E-state index in [4.69, 9.17) is 25.7 Å². The summed E-state index contributed by atoms with van der Waals surface area (Å²) in [5, 5.41) is 0. The Morgan fingerprint density at radius 1 is 0.972 bits per heavy atom. The van der Waals surface area contributed by atoms with Crippen molar-refractivity contribution >= 4 is 17.7 Å². The number of hydrogen-bond donors (Lipinski definition) is 2. The molecule has 2 aliphatic rings. The van der Waals surface area contributed by atoms with Crippen LogP contribution in [0.15, 0.2) is 12.1 Å². The van der Waals surface area contributed by atoms with Gasteiger partial charge in [-0.25, -0.2) is 0 Å². The first-order valence-electron chi connectivity index (χ1n) is 13.0. The maximum absolute atomic E-state index is 14.6. The van der Waals surface area contributed by atoms with Crippen LogP contribution in [0.5, 0.6) is 17.2 Å². The normalized spacial score (nSPS) is 22.4. The number of methoxy groups -OCH3 is 3. The summed E-state index contributed by atoms with van der Waals surface area (Å²) < 4.78 is 16.7. The average molecular weight is 504 g/mol. The zero-order valence-electron chi connectivity index (χ0n) is 22.0. The average Bonchev–Trinajstić information content (AvgIpc) is 2.88. The highest BCUT2D eigenvalue weighted by Gasteiger charge is 2.55. The monoisotopic (exact) mass is 503 g/mol. The zero-order valence-corrected chi connectivity index (χ0v) is 22.0. The molecule has 1 aliphatic heterocycles. The number of piperidine rings is 1. The lowest BCUT2D eigenvalue weighted by Crippen LogP contribution is -2.68. The summed E-state index contributed by atoms with van der Waals surface area (Å²) in [6.07, 6.45) is 7.01. The Labute approximate surface area is 213 Å². The quantitative estimate of drug-likeness (QED) is 0.504. The molecule has 0 spiro atoms. The molecule has 1 heterocycles. The third kappa shape index (κ3) is 4.97. The molecule has 3 amide bonds. The fraction of sp³-hybridized carbons (Fsp3) is 0.667. The van der Waals surface area contributed by atoms with Gasteiger partial charge in [0, 0.05) is 6.54 Å². The van der Waals surface area contributed by atoms with Crippen LogP contribution >= 0.6 is 0 Å². The van der Waals surface area contributed by atoms with Crippen molar-refractivity contribution in [2.45, 2.75) is 76.2 Å². The summed E-state index contributed by atoms with van der Waals surface area (Å²) in [4.78, 5) is 41.7. The number of primary amides is 2. The summed E-state index contributed by atoms with van der Waals surface area (Å²) in [7, 11) is 4.62. The molecule has 9 nitrogen and oxygen atoms in total. The standard InChI is InChI=1S/C27H41N3O6/c1-5-19(24(28)31)27(26(29)33)13-9-10-14-30(27)25(32)22(17-11-7-6-8-12-17)18-15-20(34-2)23(36-4)21(16-18)35-3/h15-17,19,22H,5-14H2,1-4H3,(H2,28,31)(H2,29,33)/t19-,22-,27?/m0/s1. The van der Waals surface area contributed by atoms with E-state index in [0.717, 1.165) is 44.1 Å². The Bertz CT molecular complexity index is 936. The van der Waals surface area contributed by atoms with Crippen LogP contribution in [0.1, 0.15) is 76.2 Å². The van der Waals surface area contributed by atoms with Gasteiger partial charge < -0.3 is 30.6 Å². The lowest BCUT2D eigenvalue weighted by Gasteiger charge is -2.50. The van der Waals surface area contributed by atoms with Crippen molar-refractivity contribution in [3.63, 3.8) is 0 Å². The van der Waals surface area contributed by atoms with Gasteiger partial charge in [0.1, 0.15) is 5.54 Å². The molecular formula is C27H41N3O6. The van der Waals surface area contributed by atoms with Crippen molar-refractivity contribution < 1.29 is 28.6 Å². The fourth-order valence-corrected chi connectivity index (χ4v) is 6.40. The van der Waals surface area contributed by atoms with E-state index in [1.807, 2.05) is 12.1 Å². The maximum Gasteiger partial charge on any atom is 0.244 e. The minimum Gasteiger partial charge on any atom is -0.493 e. The van der Waals surface area contributed by atoms with Crippen LogP contribution in [0.3, 0.4) is 0 Å². The van der Waals surface area contributed by atoms with Gasteiger partial charge in [-0.2, -0.15) is 0 Å². The number of ether oxygens (including phenoxy) is 3. The van der Waals surface area contributed by atoms with Crippen molar-refractivity contribution in [2.24, 2.45) is 23.3 Å².